The van der Waals surface area contributed by atoms with Gasteiger partial charge in [-0.25, -0.2) is 4.98 Å². The Bertz CT molecular complexity index is 458. The zero-order valence-electron chi connectivity index (χ0n) is 11.8. The van der Waals surface area contributed by atoms with E-state index in [4.69, 9.17) is 5.11 Å². The SMILES string of the molecule is Cc1cnc(SCC(=O)O)n1C1CCC(C)CC1C. The van der Waals surface area contributed by atoms with Crippen molar-refractivity contribution in [1.29, 1.82) is 0 Å². The highest BCUT2D eigenvalue weighted by Crippen LogP contribution is 2.39. The smallest absolute Gasteiger partial charge is 0.313 e. The fourth-order valence-electron chi connectivity index (χ4n) is 3.09. The average molecular weight is 282 g/mol. The van der Waals surface area contributed by atoms with Crippen LogP contribution in [0.15, 0.2) is 11.4 Å². The van der Waals surface area contributed by atoms with Gasteiger partial charge in [0.1, 0.15) is 0 Å². The Balaban J connectivity index is 2.18. The van der Waals surface area contributed by atoms with Crippen LogP contribution in [0.4, 0.5) is 0 Å². The molecule has 1 aromatic rings. The van der Waals surface area contributed by atoms with Crippen molar-refractivity contribution in [3.8, 4) is 0 Å². The largest absolute Gasteiger partial charge is 0.481 e. The molecule has 0 aromatic carbocycles. The summed E-state index contributed by atoms with van der Waals surface area (Å²) in [5.74, 6) is 0.710. The van der Waals surface area contributed by atoms with Crippen LogP contribution in [0.2, 0.25) is 0 Å². The molecule has 4 nitrogen and oxygen atoms in total. The molecule has 0 aliphatic heterocycles. The molecule has 0 bridgehead atoms. The predicted molar refractivity (Wildman–Crippen MR) is 76.5 cm³/mol. The van der Waals surface area contributed by atoms with Gasteiger partial charge in [0.05, 0.1) is 5.75 Å². The maximum absolute atomic E-state index is 10.7. The predicted octanol–water partition coefficient (Wildman–Crippen LogP) is 3.37. The van der Waals surface area contributed by atoms with Gasteiger partial charge in [0, 0.05) is 17.9 Å². The summed E-state index contributed by atoms with van der Waals surface area (Å²) < 4.78 is 2.25. The highest BCUT2D eigenvalue weighted by molar-refractivity contribution is 7.99. The lowest BCUT2D eigenvalue weighted by molar-refractivity contribution is -0.133. The van der Waals surface area contributed by atoms with Crippen LogP contribution >= 0.6 is 11.8 Å². The summed E-state index contributed by atoms with van der Waals surface area (Å²) in [7, 11) is 0. The van der Waals surface area contributed by atoms with Crippen LogP contribution in [-0.2, 0) is 4.79 Å². The number of hydrogen-bond acceptors (Lipinski definition) is 3. The Kier molecular flexibility index (Phi) is 4.55. The molecule has 1 N–H and O–H groups in total. The number of thioether (sulfide) groups is 1. The van der Waals surface area contributed by atoms with Crippen LogP contribution in [0.25, 0.3) is 0 Å². The molecule has 0 radical (unpaired) electrons. The fraction of sp³-hybridized carbons (Fsp3) is 0.714. The van der Waals surface area contributed by atoms with Crippen LogP contribution in [0.1, 0.15) is 44.8 Å². The first kappa shape index (κ1) is 14.4. The molecule has 0 spiro atoms. The van der Waals surface area contributed by atoms with E-state index in [1.54, 1.807) is 0 Å². The van der Waals surface area contributed by atoms with E-state index in [2.05, 4.69) is 30.3 Å². The van der Waals surface area contributed by atoms with Gasteiger partial charge in [-0.05, 0) is 38.0 Å². The van der Waals surface area contributed by atoms with E-state index in [1.165, 1.54) is 31.0 Å². The number of nitrogens with zero attached hydrogens (tertiary/aromatic N) is 2. The van der Waals surface area contributed by atoms with E-state index < -0.39 is 5.97 Å². The number of carboxylic acids is 1. The fourth-order valence-corrected chi connectivity index (χ4v) is 3.89. The van der Waals surface area contributed by atoms with E-state index in [1.807, 2.05) is 6.20 Å². The Morgan fingerprint density at radius 3 is 2.89 bits per heavy atom. The third kappa shape index (κ3) is 3.32. The van der Waals surface area contributed by atoms with Gasteiger partial charge in [-0.2, -0.15) is 0 Å². The van der Waals surface area contributed by atoms with Crippen molar-refractivity contribution in [2.24, 2.45) is 11.8 Å². The first-order valence-corrected chi connectivity index (χ1v) is 7.86. The molecule has 19 heavy (non-hydrogen) atoms. The van der Waals surface area contributed by atoms with E-state index in [0.717, 1.165) is 16.8 Å². The minimum Gasteiger partial charge on any atom is -0.481 e. The molecule has 3 atom stereocenters. The first-order chi connectivity index (χ1) is 8.99. The van der Waals surface area contributed by atoms with Gasteiger partial charge < -0.3 is 9.67 Å². The van der Waals surface area contributed by atoms with Crippen molar-refractivity contribution in [2.45, 2.75) is 51.2 Å². The Morgan fingerprint density at radius 1 is 1.53 bits per heavy atom. The van der Waals surface area contributed by atoms with E-state index in [9.17, 15) is 4.79 Å². The van der Waals surface area contributed by atoms with Gasteiger partial charge in [-0.1, -0.05) is 25.6 Å². The number of rotatable bonds is 4. The van der Waals surface area contributed by atoms with Crippen molar-refractivity contribution >= 4 is 17.7 Å². The Hall–Kier alpha value is -0.970. The molecule has 2 rings (SSSR count). The van der Waals surface area contributed by atoms with Gasteiger partial charge >= 0.3 is 5.97 Å². The van der Waals surface area contributed by atoms with Gasteiger partial charge in [0.2, 0.25) is 0 Å². The van der Waals surface area contributed by atoms with Crippen LogP contribution in [0.3, 0.4) is 0 Å². The number of hydrogen-bond donors (Lipinski definition) is 1. The summed E-state index contributed by atoms with van der Waals surface area (Å²) in [6, 6.07) is 0.468. The number of carbonyl (C=O) groups is 1. The number of imidazole rings is 1. The molecule has 1 aliphatic carbocycles. The highest BCUT2D eigenvalue weighted by Gasteiger charge is 2.29. The first-order valence-electron chi connectivity index (χ1n) is 6.87. The topological polar surface area (TPSA) is 55.1 Å². The molecule has 1 aromatic heterocycles. The minimum absolute atomic E-state index is 0.0773. The summed E-state index contributed by atoms with van der Waals surface area (Å²) in [6.45, 7) is 6.67. The monoisotopic (exact) mass is 282 g/mol. The number of aryl methyl sites for hydroxylation is 1. The third-order valence-electron chi connectivity index (χ3n) is 3.99. The molecule has 1 fully saturated rings. The molecular weight excluding hydrogens is 260 g/mol. The number of carboxylic acid groups (broad SMARTS) is 1. The number of aromatic nitrogens is 2. The molecular formula is C14H22N2O2S. The van der Waals surface area contributed by atoms with Crippen molar-refractivity contribution in [3.63, 3.8) is 0 Å². The molecule has 106 valence electrons. The van der Waals surface area contributed by atoms with E-state index in [0.29, 0.717) is 12.0 Å². The molecule has 1 heterocycles. The van der Waals surface area contributed by atoms with Gasteiger partial charge in [0.15, 0.2) is 5.16 Å². The second kappa shape index (κ2) is 5.99. The highest BCUT2D eigenvalue weighted by atomic mass is 32.2. The summed E-state index contributed by atoms with van der Waals surface area (Å²) in [5, 5.41) is 9.66. The van der Waals surface area contributed by atoms with Crippen molar-refractivity contribution in [3.05, 3.63) is 11.9 Å². The molecule has 0 saturated heterocycles. The van der Waals surface area contributed by atoms with E-state index >= 15 is 0 Å². The normalized spacial score (nSPS) is 27.4. The quantitative estimate of drug-likeness (QED) is 0.860. The van der Waals surface area contributed by atoms with E-state index in [-0.39, 0.29) is 5.75 Å². The zero-order chi connectivity index (χ0) is 14.0. The third-order valence-corrected chi connectivity index (χ3v) is 4.94. The summed E-state index contributed by atoms with van der Waals surface area (Å²) in [5.41, 5.74) is 1.14. The molecule has 1 saturated carbocycles. The Morgan fingerprint density at radius 2 is 2.26 bits per heavy atom. The second-order valence-electron chi connectivity index (χ2n) is 5.70. The van der Waals surface area contributed by atoms with Crippen molar-refractivity contribution in [1.82, 2.24) is 9.55 Å². The zero-order valence-corrected chi connectivity index (χ0v) is 12.6. The maximum Gasteiger partial charge on any atom is 0.313 e. The average Bonchev–Trinajstić information content (AvgIpc) is 2.68. The molecule has 5 heteroatoms. The minimum atomic E-state index is -0.789. The lowest BCUT2D eigenvalue weighted by atomic mass is 9.79. The van der Waals surface area contributed by atoms with Crippen molar-refractivity contribution < 1.29 is 9.90 Å². The van der Waals surface area contributed by atoms with Crippen LogP contribution in [-0.4, -0.2) is 26.4 Å². The lowest BCUT2D eigenvalue weighted by Gasteiger charge is -2.35. The van der Waals surface area contributed by atoms with Crippen molar-refractivity contribution in [2.75, 3.05) is 5.75 Å². The van der Waals surface area contributed by atoms with Crippen LogP contribution < -0.4 is 0 Å². The van der Waals surface area contributed by atoms with Crippen LogP contribution in [0.5, 0.6) is 0 Å². The standard InChI is InChI=1S/C14H22N2O2S/c1-9-4-5-12(10(2)6-9)16-11(3)7-15-14(16)19-8-13(17)18/h7,9-10,12H,4-6,8H2,1-3H3,(H,17,18). The second-order valence-corrected chi connectivity index (χ2v) is 6.64. The summed E-state index contributed by atoms with van der Waals surface area (Å²) >= 11 is 1.32. The van der Waals surface area contributed by atoms with Gasteiger partial charge in [-0.3, -0.25) is 4.79 Å². The van der Waals surface area contributed by atoms with Crippen LogP contribution in [0, 0.1) is 18.8 Å². The summed E-state index contributed by atoms with van der Waals surface area (Å²) in [6.07, 6.45) is 5.51. The molecule has 1 aliphatic rings. The van der Waals surface area contributed by atoms with Gasteiger partial charge in [-0.15, -0.1) is 0 Å². The molecule has 0 amide bonds. The lowest BCUT2D eigenvalue weighted by Crippen LogP contribution is -2.26. The maximum atomic E-state index is 10.7. The summed E-state index contributed by atoms with van der Waals surface area (Å²) in [4.78, 5) is 15.1. The van der Waals surface area contributed by atoms with Gasteiger partial charge in [0.25, 0.3) is 0 Å². The number of aliphatic carboxylic acids is 1. The molecule has 3 unspecified atom stereocenters. The Labute approximate surface area is 118 Å².